The first-order chi connectivity index (χ1) is 20.4. The van der Waals surface area contributed by atoms with Crippen LogP contribution in [0.15, 0.2) is 42.5 Å². The van der Waals surface area contributed by atoms with Gasteiger partial charge in [0.25, 0.3) is 5.91 Å². The monoisotopic (exact) mass is 629 g/mol. The Labute approximate surface area is 263 Å². The third-order valence-electron chi connectivity index (χ3n) is 9.51. The summed E-state index contributed by atoms with van der Waals surface area (Å²) in [5.41, 5.74) is 3.29. The van der Waals surface area contributed by atoms with Gasteiger partial charge in [-0.2, -0.15) is 5.10 Å². The lowest BCUT2D eigenvalue weighted by Gasteiger charge is -2.54. The van der Waals surface area contributed by atoms with Gasteiger partial charge in [-0.15, -0.1) is 0 Å². The van der Waals surface area contributed by atoms with Gasteiger partial charge in [-0.25, -0.2) is 4.68 Å². The van der Waals surface area contributed by atoms with Crippen LogP contribution in [0.5, 0.6) is 0 Å². The molecule has 7 rings (SSSR count). The van der Waals surface area contributed by atoms with E-state index in [2.05, 4.69) is 10.4 Å². The Balaban J connectivity index is 0.982. The second-order valence-electron chi connectivity index (χ2n) is 12.2. The van der Waals surface area contributed by atoms with Crippen LogP contribution in [0.1, 0.15) is 54.6 Å². The summed E-state index contributed by atoms with van der Waals surface area (Å²) in [5, 5.41) is 9.18. The van der Waals surface area contributed by atoms with Gasteiger partial charge in [-0.1, -0.05) is 46.9 Å². The molecule has 224 valence electrons. The fourth-order valence-corrected chi connectivity index (χ4v) is 8.47. The Morgan fingerprint density at radius 2 is 1.52 bits per heavy atom. The van der Waals surface area contributed by atoms with Crippen molar-refractivity contribution in [2.45, 2.75) is 45.4 Å². The van der Waals surface area contributed by atoms with Crippen LogP contribution in [0.2, 0.25) is 15.1 Å². The quantitative estimate of drug-likeness (QED) is 0.206. The van der Waals surface area contributed by atoms with Gasteiger partial charge in [-0.3, -0.25) is 4.79 Å². The van der Waals surface area contributed by atoms with Crippen molar-refractivity contribution in [3.63, 3.8) is 0 Å². The van der Waals surface area contributed by atoms with E-state index in [1.54, 1.807) is 35.0 Å². The Bertz CT molecular complexity index is 1380. The van der Waals surface area contributed by atoms with Gasteiger partial charge in [0.1, 0.15) is 0 Å². The summed E-state index contributed by atoms with van der Waals surface area (Å²) < 4.78 is 13.3. The number of rotatable bonds is 12. The maximum atomic E-state index is 13.2. The Morgan fingerprint density at radius 1 is 0.881 bits per heavy atom. The number of benzene rings is 2. The summed E-state index contributed by atoms with van der Waals surface area (Å²) in [7, 11) is 0. The van der Waals surface area contributed by atoms with E-state index < -0.39 is 0 Å². The van der Waals surface area contributed by atoms with Gasteiger partial charge < -0.3 is 14.8 Å². The first-order valence-corrected chi connectivity index (χ1v) is 16.3. The minimum atomic E-state index is -0.276. The standard InChI is InChI=1S/C33H38Cl3N3O3/c1-20-31(38-39(30-7-6-27(35)19-29(30)36)32(20)23-2-4-26(34)5-3-23)33(40)37-9-11-42-13-12-41-10-8-28-24-15-21-14-22(17-24)18-25(28)16-21/h2-7,19,21-22,24-25,28H,8-18H2,1H3,(H,37,40)/t21-,22+,24-,25+,28?. The average molecular weight is 631 g/mol. The van der Waals surface area contributed by atoms with E-state index in [0.29, 0.717) is 52.8 Å². The summed E-state index contributed by atoms with van der Waals surface area (Å²) in [5.74, 6) is 4.53. The number of aromatic nitrogens is 2. The molecule has 4 aliphatic rings. The predicted molar refractivity (Wildman–Crippen MR) is 168 cm³/mol. The van der Waals surface area contributed by atoms with Crippen LogP contribution in [0.3, 0.4) is 0 Å². The highest BCUT2D eigenvalue weighted by molar-refractivity contribution is 6.35. The molecule has 6 nitrogen and oxygen atoms in total. The SMILES string of the molecule is Cc1c(C(=O)NCCOCCOCCC2[C@H]3C[C@@H]4C[C@@H](C[C@H]2C4)C3)nn(-c2ccc(Cl)cc2Cl)c1-c1ccc(Cl)cc1. The lowest BCUT2D eigenvalue weighted by molar-refractivity contribution is -0.0516. The highest BCUT2D eigenvalue weighted by atomic mass is 35.5. The van der Waals surface area contributed by atoms with Crippen molar-refractivity contribution in [2.75, 3.05) is 33.0 Å². The summed E-state index contributed by atoms with van der Waals surface area (Å²) in [6, 6.07) is 12.6. The number of nitrogens with one attached hydrogen (secondary N) is 1. The van der Waals surface area contributed by atoms with Crippen LogP contribution in [0.25, 0.3) is 16.9 Å². The zero-order valence-corrected chi connectivity index (χ0v) is 26.2. The van der Waals surface area contributed by atoms with Crippen LogP contribution in [-0.2, 0) is 9.47 Å². The molecule has 2 aromatic carbocycles. The maximum absolute atomic E-state index is 13.2. The molecule has 4 bridgehead atoms. The number of hydrogen-bond acceptors (Lipinski definition) is 4. The lowest BCUT2D eigenvalue weighted by atomic mass is 9.51. The Morgan fingerprint density at radius 3 is 2.19 bits per heavy atom. The van der Waals surface area contributed by atoms with Crippen molar-refractivity contribution in [1.82, 2.24) is 15.1 Å². The molecular weight excluding hydrogens is 593 g/mol. The van der Waals surface area contributed by atoms with E-state index in [0.717, 1.165) is 53.0 Å². The van der Waals surface area contributed by atoms with Crippen molar-refractivity contribution in [3.8, 4) is 16.9 Å². The Kier molecular flexibility index (Phi) is 9.47. The Hall–Kier alpha value is -2.09. The van der Waals surface area contributed by atoms with Gasteiger partial charge in [0.15, 0.2) is 5.69 Å². The minimum Gasteiger partial charge on any atom is -0.379 e. The molecule has 1 amide bonds. The molecule has 0 radical (unpaired) electrons. The molecule has 4 fully saturated rings. The lowest BCUT2D eigenvalue weighted by Crippen LogP contribution is -2.45. The normalized spacial score (nSPS) is 24.3. The largest absolute Gasteiger partial charge is 0.379 e. The molecule has 4 aliphatic carbocycles. The van der Waals surface area contributed by atoms with E-state index in [4.69, 9.17) is 44.3 Å². The molecule has 1 aromatic heterocycles. The van der Waals surface area contributed by atoms with Gasteiger partial charge in [0.05, 0.1) is 36.2 Å². The molecule has 0 saturated heterocycles. The van der Waals surface area contributed by atoms with Crippen molar-refractivity contribution in [3.05, 3.63) is 68.8 Å². The first-order valence-electron chi connectivity index (χ1n) is 15.1. The number of halogens is 3. The van der Waals surface area contributed by atoms with Gasteiger partial charge in [-0.05, 0) is 105 Å². The van der Waals surface area contributed by atoms with E-state index in [1.165, 1.54) is 38.5 Å². The van der Waals surface area contributed by atoms with E-state index in [-0.39, 0.29) is 5.91 Å². The number of ether oxygens (including phenoxy) is 2. The van der Waals surface area contributed by atoms with Crippen LogP contribution < -0.4 is 5.32 Å². The van der Waals surface area contributed by atoms with E-state index in [9.17, 15) is 4.79 Å². The molecule has 9 heteroatoms. The molecule has 42 heavy (non-hydrogen) atoms. The summed E-state index contributed by atoms with van der Waals surface area (Å²) >= 11 is 18.8. The summed E-state index contributed by atoms with van der Waals surface area (Å²) in [6.07, 6.45) is 8.54. The number of hydrogen-bond donors (Lipinski definition) is 1. The average Bonchev–Trinajstić information content (AvgIpc) is 3.30. The molecule has 1 heterocycles. The highest BCUT2D eigenvalue weighted by Crippen LogP contribution is 2.57. The van der Waals surface area contributed by atoms with Crippen molar-refractivity contribution < 1.29 is 14.3 Å². The zero-order chi connectivity index (χ0) is 29.2. The second kappa shape index (κ2) is 13.3. The molecule has 0 atom stereocenters. The number of carbonyl (C=O) groups is 1. The van der Waals surface area contributed by atoms with Crippen molar-refractivity contribution in [1.29, 1.82) is 0 Å². The summed E-state index contributed by atoms with van der Waals surface area (Å²) in [4.78, 5) is 13.2. The third-order valence-corrected chi connectivity index (χ3v) is 10.3. The minimum absolute atomic E-state index is 0.276. The van der Waals surface area contributed by atoms with Crippen molar-refractivity contribution >= 4 is 40.7 Å². The van der Waals surface area contributed by atoms with Crippen LogP contribution >= 0.6 is 34.8 Å². The van der Waals surface area contributed by atoms with E-state index in [1.807, 2.05) is 19.1 Å². The molecule has 0 spiro atoms. The molecular formula is C33H38Cl3N3O3. The van der Waals surface area contributed by atoms with Gasteiger partial charge >= 0.3 is 0 Å². The number of carbonyl (C=O) groups excluding carboxylic acids is 1. The van der Waals surface area contributed by atoms with Gasteiger partial charge in [0, 0.05) is 34.3 Å². The zero-order valence-electron chi connectivity index (χ0n) is 24.0. The molecule has 1 N–H and O–H groups in total. The molecule has 0 aliphatic heterocycles. The molecule has 4 saturated carbocycles. The van der Waals surface area contributed by atoms with Crippen LogP contribution in [-0.4, -0.2) is 48.7 Å². The van der Waals surface area contributed by atoms with E-state index >= 15 is 0 Å². The number of amides is 1. The first kappa shape index (κ1) is 30.0. The fraction of sp³-hybridized carbons (Fsp3) is 0.515. The second-order valence-corrected chi connectivity index (χ2v) is 13.5. The van der Waals surface area contributed by atoms with Crippen LogP contribution in [0.4, 0.5) is 0 Å². The molecule has 3 aromatic rings. The summed E-state index contributed by atoms with van der Waals surface area (Å²) in [6.45, 7) is 4.57. The highest BCUT2D eigenvalue weighted by Gasteiger charge is 2.47. The fourth-order valence-electron chi connectivity index (χ4n) is 7.86. The van der Waals surface area contributed by atoms with Gasteiger partial charge in [0.2, 0.25) is 0 Å². The van der Waals surface area contributed by atoms with Crippen LogP contribution in [0, 0.1) is 36.5 Å². The topological polar surface area (TPSA) is 65.4 Å². The molecule has 0 unspecified atom stereocenters. The maximum Gasteiger partial charge on any atom is 0.272 e. The number of nitrogens with zero attached hydrogens (tertiary/aromatic N) is 2. The third kappa shape index (κ3) is 6.53. The van der Waals surface area contributed by atoms with Crippen molar-refractivity contribution in [2.24, 2.45) is 29.6 Å². The smallest absolute Gasteiger partial charge is 0.272 e. The predicted octanol–water partition coefficient (Wildman–Crippen LogP) is 8.03.